The van der Waals surface area contributed by atoms with Crippen LogP contribution in [-0.4, -0.2) is 11.7 Å². The fourth-order valence-corrected chi connectivity index (χ4v) is 1.71. The van der Waals surface area contributed by atoms with Gasteiger partial charge < -0.3 is 9.84 Å². The van der Waals surface area contributed by atoms with Gasteiger partial charge in [0.25, 0.3) is 0 Å². The van der Waals surface area contributed by atoms with Gasteiger partial charge in [0.1, 0.15) is 5.75 Å². The maximum atomic E-state index is 9.65. The summed E-state index contributed by atoms with van der Waals surface area (Å²) in [5.74, 6) is 1.31. The minimum absolute atomic E-state index is 0.510. The predicted molar refractivity (Wildman–Crippen MR) is 69.7 cm³/mol. The summed E-state index contributed by atoms with van der Waals surface area (Å²) in [4.78, 5) is 0. The molecule has 0 radical (unpaired) electrons. The molecule has 1 aromatic carbocycles. The van der Waals surface area contributed by atoms with E-state index in [9.17, 15) is 5.11 Å². The van der Waals surface area contributed by atoms with E-state index in [4.69, 9.17) is 4.74 Å². The van der Waals surface area contributed by atoms with Crippen LogP contribution in [0.2, 0.25) is 0 Å². The largest absolute Gasteiger partial charge is 0.493 e. The van der Waals surface area contributed by atoms with Gasteiger partial charge in [0, 0.05) is 10.0 Å². The molecule has 3 heteroatoms. The number of hydrogen-bond donors (Lipinski definition) is 1. The molecule has 16 heavy (non-hydrogen) atoms. The van der Waals surface area contributed by atoms with Gasteiger partial charge in [-0.25, -0.2) is 0 Å². The van der Waals surface area contributed by atoms with Crippen molar-refractivity contribution in [3.8, 4) is 5.75 Å². The topological polar surface area (TPSA) is 29.5 Å². The minimum Gasteiger partial charge on any atom is -0.493 e. The third-order valence-electron chi connectivity index (χ3n) is 2.64. The lowest BCUT2D eigenvalue weighted by Gasteiger charge is -2.16. The van der Waals surface area contributed by atoms with Crippen molar-refractivity contribution in [2.75, 3.05) is 6.61 Å². The fourth-order valence-electron chi connectivity index (χ4n) is 1.33. The number of benzene rings is 1. The Bertz CT molecular complexity index is 337. The van der Waals surface area contributed by atoms with Crippen molar-refractivity contribution in [1.29, 1.82) is 0 Å². The van der Waals surface area contributed by atoms with Gasteiger partial charge in [0.15, 0.2) is 0 Å². The smallest absolute Gasteiger partial charge is 0.125 e. The highest BCUT2D eigenvalue weighted by Crippen LogP contribution is 2.28. The SMILES string of the molecule is CCC(C)COc1ccc(Br)cc1C(C)O. The monoisotopic (exact) mass is 286 g/mol. The molecular weight excluding hydrogens is 268 g/mol. The fraction of sp³-hybridized carbons (Fsp3) is 0.538. The molecule has 0 aliphatic heterocycles. The van der Waals surface area contributed by atoms with Crippen LogP contribution in [0.15, 0.2) is 22.7 Å². The zero-order chi connectivity index (χ0) is 12.1. The van der Waals surface area contributed by atoms with Crippen LogP contribution in [0.4, 0.5) is 0 Å². The molecule has 0 aliphatic rings. The van der Waals surface area contributed by atoms with Crippen LogP contribution in [0.1, 0.15) is 38.9 Å². The van der Waals surface area contributed by atoms with E-state index in [1.54, 1.807) is 6.92 Å². The van der Waals surface area contributed by atoms with E-state index in [2.05, 4.69) is 29.8 Å². The van der Waals surface area contributed by atoms with Gasteiger partial charge in [0.2, 0.25) is 0 Å². The van der Waals surface area contributed by atoms with Gasteiger partial charge in [0.05, 0.1) is 12.7 Å². The summed E-state index contributed by atoms with van der Waals surface area (Å²) >= 11 is 3.39. The summed E-state index contributed by atoms with van der Waals surface area (Å²) in [6.45, 7) is 6.74. The average molecular weight is 287 g/mol. The highest BCUT2D eigenvalue weighted by Gasteiger charge is 2.10. The first-order valence-corrected chi connectivity index (χ1v) is 6.44. The van der Waals surface area contributed by atoms with Gasteiger partial charge in [-0.15, -0.1) is 0 Å². The highest BCUT2D eigenvalue weighted by atomic mass is 79.9. The van der Waals surface area contributed by atoms with Gasteiger partial charge >= 0.3 is 0 Å². The van der Waals surface area contributed by atoms with Crippen molar-refractivity contribution in [2.24, 2.45) is 5.92 Å². The normalized spacial score (nSPS) is 14.6. The summed E-state index contributed by atoms with van der Waals surface area (Å²) < 4.78 is 6.68. The molecule has 0 aromatic heterocycles. The molecule has 0 bridgehead atoms. The summed E-state index contributed by atoms with van der Waals surface area (Å²) in [7, 11) is 0. The van der Waals surface area contributed by atoms with E-state index < -0.39 is 6.10 Å². The van der Waals surface area contributed by atoms with E-state index in [1.165, 1.54) is 0 Å². The van der Waals surface area contributed by atoms with E-state index in [0.29, 0.717) is 12.5 Å². The first-order valence-electron chi connectivity index (χ1n) is 5.64. The van der Waals surface area contributed by atoms with E-state index in [-0.39, 0.29) is 0 Å². The van der Waals surface area contributed by atoms with Crippen LogP contribution in [0.25, 0.3) is 0 Å². The molecule has 2 atom stereocenters. The second-order valence-electron chi connectivity index (χ2n) is 4.18. The number of aliphatic hydroxyl groups is 1. The lowest BCUT2D eigenvalue weighted by atomic mass is 10.1. The first kappa shape index (κ1) is 13.5. The molecule has 1 aromatic rings. The Balaban J connectivity index is 2.78. The number of rotatable bonds is 5. The molecule has 90 valence electrons. The average Bonchev–Trinajstić information content (AvgIpc) is 2.26. The Morgan fingerprint density at radius 1 is 1.38 bits per heavy atom. The van der Waals surface area contributed by atoms with E-state index in [0.717, 1.165) is 22.2 Å². The maximum Gasteiger partial charge on any atom is 0.125 e. The van der Waals surface area contributed by atoms with Gasteiger partial charge in [-0.3, -0.25) is 0 Å². The summed E-state index contributed by atoms with van der Waals surface area (Å²) in [6.07, 6.45) is 0.588. The zero-order valence-corrected chi connectivity index (χ0v) is 11.6. The third-order valence-corrected chi connectivity index (χ3v) is 3.14. The molecular formula is C13H19BrO2. The first-order chi connectivity index (χ1) is 7.54. The van der Waals surface area contributed by atoms with Crippen molar-refractivity contribution in [2.45, 2.75) is 33.3 Å². The lowest BCUT2D eigenvalue weighted by Crippen LogP contribution is -2.09. The number of halogens is 1. The minimum atomic E-state index is -0.510. The Morgan fingerprint density at radius 3 is 2.62 bits per heavy atom. The molecule has 0 fully saturated rings. The summed E-state index contributed by atoms with van der Waals surface area (Å²) in [5.41, 5.74) is 0.831. The molecule has 1 rings (SSSR count). The summed E-state index contributed by atoms with van der Waals surface area (Å²) in [5, 5.41) is 9.65. The van der Waals surface area contributed by atoms with E-state index >= 15 is 0 Å². The number of hydrogen-bond acceptors (Lipinski definition) is 2. The van der Waals surface area contributed by atoms with Gasteiger partial charge in [-0.2, -0.15) is 0 Å². The van der Waals surface area contributed by atoms with Crippen LogP contribution >= 0.6 is 15.9 Å². The van der Waals surface area contributed by atoms with Gasteiger partial charge in [-0.05, 0) is 31.0 Å². The zero-order valence-electron chi connectivity index (χ0n) is 10.0. The molecule has 0 heterocycles. The lowest BCUT2D eigenvalue weighted by molar-refractivity contribution is 0.186. The Kier molecular flexibility index (Phi) is 5.29. The third kappa shape index (κ3) is 3.80. The van der Waals surface area contributed by atoms with Crippen molar-refractivity contribution in [1.82, 2.24) is 0 Å². The van der Waals surface area contributed by atoms with Crippen LogP contribution < -0.4 is 4.74 Å². The molecule has 0 saturated heterocycles. The number of aliphatic hydroxyl groups excluding tert-OH is 1. The predicted octanol–water partition coefficient (Wildman–Crippen LogP) is 3.93. The number of ether oxygens (including phenoxy) is 1. The standard InChI is InChI=1S/C13H19BrO2/c1-4-9(2)8-16-13-6-5-11(14)7-12(13)10(3)15/h5-7,9-10,15H,4,8H2,1-3H3. The van der Waals surface area contributed by atoms with Gasteiger partial charge in [-0.1, -0.05) is 36.2 Å². The van der Waals surface area contributed by atoms with Crippen molar-refractivity contribution >= 4 is 15.9 Å². The van der Waals surface area contributed by atoms with Crippen LogP contribution in [0.3, 0.4) is 0 Å². The Morgan fingerprint density at radius 2 is 2.06 bits per heavy atom. The van der Waals surface area contributed by atoms with Crippen molar-refractivity contribution in [3.05, 3.63) is 28.2 Å². The van der Waals surface area contributed by atoms with E-state index in [1.807, 2.05) is 18.2 Å². The molecule has 1 N–H and O–H groups in total. The maximum absolute atomic E-state index is 9.65. The quantitative estimate of drug-likeness (QED) is 0.889. The highest BCUT2D eigenvalue weighted by molar-refractivity contribution is 9.10. The second-order valence-corrected chi connectivity index (χ2v) is 5.10. The molecule has 0 amide bonds. The molecule has 0 aliphatic carbocycles. The van der Waals surface area contributed by atoms with Crippen LogP contribution in [0.5, 0.6) is 5.75 Å². The molecule has 2 nitrogen and oxygen atoms in total. The van der Waals surface area contributed by atoms with Crippen molar-refractivity contribution < 1.29 is 9.84 Å². The Hall–Kier alpha value is -0.540. The van der Waals surface area contributed by atoms with Crippen LogP contribution in [-0.2, 0) is 0 Å². The second kappa shape index (κ2) is 6.26. The molecule has 2 unspecified atom stereocenters. The Labute approximate surface area is 106 Å². The molecule has 0 saturated carbocycles. The molecule has 0 spiro atoms. The summed E-state index contributed by atoms with van der Waals surface area (Å²) in [6, 6.07) is 5.73. The van der Waals surface area contributed by atoms with Crippen molar-refractivity contribution in [3.63, 3.8) is 0 Å². The van der Waals surface area contributed by atoms with Crippen LogP contribution in [0, 0.1) is 5.92 Å².